The quantitative estimate of drug-likeness (QED) is 0.408. The molecule has 0 radical (unpaired) electrons. The van der Waals surface area contributed by atoms with Gasteiger partial charge in [-0.05, 0) is 49.9 Å². The fourth-order valence-electron chi connectivity index (χ4n) is 4.87. The Morgan fingerprint density at radius 1 is 0.935 bits per heavy atom. The van der Waals surface area contributed by atoms with Crippen LogP contribution in [0.4, 0.5) is 10.5 Å². The van der Waals surface area contributed by atoms with E-state index in [-0.39, 0.29) is 24.4 Å². The first kappa shape index (κ1) is 21.5. The van der Waals surface area contributed by atoms with E-state index in [1.807, 2.05) is 29.2 Å². The molecular weight excluding hydrogens is 396 g/mol. The molecule has 0 aromatic heterocycles. The molecule has 0 bridgehead atoms. The van der Waals surface area contributed by atoms with Gasteiger partial charge in [0, 0.05) is 43.5 Å². The van der Waals surface area contributed by atoms with Crippen molar-refractivity contribution in [2.45, 2.75) is 45.6 Å². The molecule has 1 saturated carbocycles. The summed E-state index contributed by atoms with van der Waals surface area (Å²) in [6.45, 7) is 6.60. The highest BCUT2D eigenvalue weighted by molar-refractivity contribution is 6.44. The van der Waals surface area contributed by atoms with Crippen LogP contribution in [0.5, 0.6) is 0 Å². The molecule has 3 aliphatic rings. The highest BCUT2D eigenvalue weighted by Gasteiger charge is 2.49. The number of piperazine rings is 1. The minimum absolute atomic E-state index is 0.0440. The summed E-state index contributed by atoms with van der Waals surface area (Å²) in [5.41, 5.74) is 1.74. The molecule has 0 unspecified atom stereocenters. The Balaban J connectivity index is 1.35. The van der Waals surface area contributed by atoms with E-state index < -0.39 is 17.8 Å². The molecule has 8 nitrogen and oxygen atoms in total. The van der Waals surface area contributed by atoms with Crippen LogP contribution in [0, 0.1) is 5.92 Å². The van der Waals surface area contributed by atoms with Crippen LogP contribution in [0.15, 0.2) is 24.3 Å². The van der Waals surface area contributed by atoms with Crippen molar-refractivity contribution in [3.05, 3.63) is 29.8 Å². The maximum Gasteiger partial charge on any atom is 0.335 e. The van der Waals surface area contributed by atoms with E-state index in [9.17, 15) is 19.2 Å². The number of urea groups is 1. The highest BCUT2D eigenvalue weighted by Crippen LogP contribution is 2.31. The lowest BCUT2D eigenvalue weighted by Gasteiger charge is -2.37. The van der Waals surface area contributed by atoms with Crippen molar-refractivity contribution in [2.24, 2.45) is 5.92 Å². The van der Waals surface area contributed by atoms with Gasteiger partial charge >= 0.3 is 17.8 Å². The van der Waals surface area contributed by atoms with Crippen molar-refractivity contribution >= 4 is 29.3 Å². The molecule has 2 saturated heterocycles. The Bertz CT molecular complexity index is 876. The van der Waals surface area contributed by atoms with Gasteiger partial charge in [-0.1, -0.05) is 19.8 Å². The standard InChI is InChI=1S/C23H30N4O4/c1-16-5-3-4-6-20(16)27-22(30)21(29)26(23(27)31)15-24-11-13-25(14-12-24)19-9-7-18(8-10-19)17(2)28/h7-10,16,20H,3-6,11-15H2,1-2H3/t16-,20-/m0/s1. The van der Waals surface area contributed by atoms with Crippen molar-refractivity contribution in [3.63, 3.8) is 0 Å². The first-order chi connectivity index (χ1) is 14.9. The molecule has 31 heavy (non-hydrogen) atoms. The summed E-state index contributed by atoms with van der Waals surface area (Å²) >= 11 is 0. The molecule has 2 heterocycles. The molecule has 3 fully saturated rings. The van der Waals surface area contributed by atoms with E-state index >= 15 is 0 Å². The topological polar surface area (TPSA) is 81.2 Å². The van der Waals surface area contributed by atoms with Crippen LogP contribution >= 0.6 is 0 Å². The average Bonchev–Trinajstić information content (AvgIpc) is 2.98. The van der Waals surface area contributed by atoms with E-state index in [4.69, 9.17) is 0 Å². The summed E-state index contributed by atoms with van der Waals surface area (Å²) in [7, 11) is 0. The summed E-state index contributed by atoms with van der Waals surface area (Å²) in [5.74, 6) is -1.10. The summed E-state index contributed by atoms with van der Waals surface area (Å²) in [5, 5.41) is 0. The third kappa shape index (κ3) is 4.21. The molecule has 4 amide bonds. The number of hydrogen-bond donors (Lipinski definition) is 0. The van der Waals surface area contributed by atoms with Gasteiger partial charge in [0.15, 0.2) is 5.78 Å². The number of Topliss-reactive ketones (excluding diaryl/α,β-unsaturated/α-hetero) is 1. The Morgan fingerprint density at radius 2 is 1.58 bits per heavy atom. The Labute approximate surface area is 182 Å². The lowest BCUT2D eigenvalue weighted by atomic mass is 9.85. The number of rotatable bonds is 5. The summed E-state index contributed by atoms with van der Waals surface area (Å²) < 4.78 is 0. The first-order valence-electron chi connectivity index (χ1n) is 11.1. The van der Waals surface area contributed by atoms with Crippen LogP contribution in [0.3, 0.4) is 0 Å². The molecule has 1 aromatic rings. The molecule has 1 aromatic carbocycles. The molecule has 2 atom stereocenters. The number of imide groups is 2. The number of nitrogens with zero attached hydrogens (tertiary/aromatic N) is 4. The number of hydrogen-bond acceptors (Lipinski definition) is 6. The number of carbonyl (C=O) groups is 4. The monoisotopic (exact) mass is 426 g/mol. The number of anilines is 1. The van der Waals surface area contributed by atoms with Crippen LogP contribution in [0.25, 0.3) is 0 Å². The molecule has 8 heteroatoms. The van der Waals surface area contributed by atoms with Gasteiger partial charge in [0.1, 0.15) is 0 Å². The van der Waals surface area contributed by atoms with Crippen molar-refractivity contribution in [1.82, 2.24) is 14.7 Å². The van der Waals surface area contributed by atoms with Crippen molar-refractivity contribution in [1.29, 1.82) is 0 Å². The van der Waals surface area contributed by atoms with Gasteiger partial charge in [0.25, 0.3) is 0 Å². The van der Waals surface area contributed by atoms with Crippen LogP contribution in [0.1, 0.15) is 49.9 Å². The zero-order valence-electron chi connectivity index (χ0n) is 18.2. The van der Waals surface area contributed by atoms with Gasteiger partial charge in [-0.3, -0.25) is 24.2 Å². The third-order valence-corrected chi connectivity index (χ3v) is 6.83. The van der Waals surface area contributed by atoms with E-state index in [1.165, 1.54) is 4.90 Å². The van der Waals surface area contributed by atoms with E-state index in [1.54, 1.807) is 6.92 Å². The summed E-state index contributed by atoms with van der Waals surface area (Å²) in [4.78, 5) is 56.2. The highest BCUT2D eigenvalue weighted by atomic mass is 16.2. The molecule has 1 aliphatic carbocycles. The second-order valence-corrected chi connectivity index (χ2v) is 8.87. The first-order valence-corrected chi connectivity index (χ1v) is 11.1. The fourth-order valence-corrected chi connectivity index (χ4v) is 4.87. The van der Waals surface area contributed by atoms with Gasteiger partial charge in [-0.2, -0.15) is 0 Å². The van der Waals surface area contributed by atoms with Crippen molar-refractivity contribution in [2.75, 3.05) is 37.7 Å². The number of ketones is 1. The molecule has 0 N–H and O–H groups in total. The number of carbonyl (C=O) groups excluding carboxylic acids is 4. The zero-order chi connectivity index (χ0) is 22.1. The molecule has 4 rings (SSSR count). The lowest BCUT2D eigenvalue weighted by Crippen LogP contribution is -2.52. The minimum Gasteiger partial charge on any atom is -0.369 e. The van der Waals surface area contributed by atoms with Crippen LogP contribution in [-0.4, -0.2) is 77.2 Å². The normalized spacial score (nSPS) is 25.5. The van der Waals surface area contributed by atoms with Crippen LogP contribution in [-0.2, 0) is 9.59 Å². The maximum atomic E-state index is 13.0. The number of benzene rings is 1. The summed E-state index contributed by atoms with van der Waals surface area (Å²) in [6, 6.07) is 6.92. The molecular formula is C23H30N4O4. The average molecular weight is 427 g/mol. The van der Waals surface area contributed by atoms with Gasteiger partial charge in [-0.15, -0.1) is 0 Å². The fraction of sp³-hybridized carbons (Fsp3) is 0.565. The third-order valence-electron chi connectivity index (χ3n) is 6.83. The van der Waals surface area contributed by atoms with Gasteiger partial charge < -0.3 is 4.90 Å². The van der Waals surface area contributed by atoms with Crippen molar-refractivity contribution < 1.29 is 19.2 Å². The van der Waals surface area contributed by atoms with Gasteiger partial charge in [0.05, 0.1) is 6.67 Å². The minimum atomic E-state index is -0.704. The Hall–Kier alpha value is -2.74. The Morgan fingerprint density at radius 3 is 2.19 bits per heavy atom. The second kappa shape index (κ2) is 8.78. The zero-order valence-corrected chi connectivity index (χ0v) is 18.2. The van der Waals surface area contributed by atoms with Gasteiger partial charge in [0.2, 0.25) is 0 Å². The predicted octanol–water partition coefficient (Wildman–Crippen LogP) is 2.34. The Kier molecular flexibility index (Phi) is 6.09. The second-order valence-electron chi connectivity index (χ2n) is 8.87. The van der Waals surface area contributed by atoms with Crippen molar-refractivity contribution in [3.8, 4) is 0 Å². The lowest BCUT2D eigenvalue weighted by molar-refractivity contribution is -0.145. The largest absolute Gasteiger partial charge is 0.369 e. The van der Waals surface area contributed by atoms with E-state index in [0.717, 1.165) is 49.4 Å². The molecule has 2 aliphatic heterocycles. The van der Waals surface area contributed by atoms with E-state index in [0.29, 0.717) is 18.7 Å². The predicted molar refractivity (Wildman–Crippen MR) is 116 cm³/mol. The maximum absolute atomic E-state index is 13.0. The summed E-state index contributed by atoms with van der Waals surface area (Å²) in [6.07, 6.45) is 3.84. The van der Waals surface area contributed by atoms with E-state index in [2.05, 4.69) is 11.8 Å². The SMILES string of the molecule is CC(=O)c1ccc(N2CCN(CN3C(=O)C(=O)N([C@H]4CCCC[C@@H]4C)C3=O)CC2)cc1. The smallest absolute Gasteiger partial charge is 0.335 e. The number of amides is 4. The molecule has 0 spiro atoms. The van der Waals surface area contributed by atoms with Gasteiger partial charge in [-0.25, -0.2) is 9.69 Å². The van der Waals surface area contributed by atoms with Crippen LogP contribution < -0.4 is 4.90 Å². The van der Waals surface area contributed by atoms with Crippen LogP contribution in [0.2, 0.25) is 0 Å². The molecule has 166 valence electrons.